The number of hydrogen-bond acceptors (Lipinski definition) is 5. The number of rotatable bonds is 6. The lowest BCUT2D eigenvalue weighted by molar-refractivity contribution is -0.384. The molecule has 3 heterocycles. The second kappa shape index (κ2) is 9.07. The average molecular weight is 471 g/mol. The highest BCUT2D eigenvalue weighted by atomic mass is 32.1. The molecule has 7 nitrogen and oxygen atoms in total. The first-order valence-corrected chi connectivity index (χ1v) is 11.4. The number of nitro groups is 1. The van der Waals surface area contributed by atoms with Crippen molar-refractivity contribution in [2.75, 3.05) is 4.90 Å². The molecule has 1 aliphatic rings. The number of benzene rings is 2. The molecule has 8 heteroatoms. The fourth-order valence-electron chi connectivity index (χ4n) is 4.23. The predicted octanol–water partition coefficient (Wildman–Crippen LogP) is 5.99. The van der Waals surface area contributed by atoms with Crippen molar-refractivity contribution in [3.05, 3.63) is 112 Å². The number of aryl methyl sites for hydroxylation is 1. The molecule has 1 aliphatic heterocycles. The Morgan fingerprint density at radius 1 is 1.06 bits per heavy atom. The smallest absolute Gasteiger partial charge is 0.269 e. The Hall–Kier alpha value is -4.04. The summed E-state index contributed by atoms with van der Waals surface area (Å²) in [4.78, 5) is 17.2. The maximum Gasteiger partial charge on any atom is 0.269 e. The number of non-ortho nitro benzene ring substituents is 1. The highest BCUT2D eigenvalue weighted by Crippen LogP contribution is 2.43. The first-order chi connectivity index (χ1) is 16.5. The van der Waals surface area contributed by atoms with E-state index in [9.17, 15) is 10.1 Å². The van der Waals surface area contributed by atoms with Crippen LogP contribution in [-0.4, -0.2) is 15.0 Å². The van der Waals surface area contributed by atoms with Crippen LogP contribution in [0.5, 0.6) is 0 Å². The third-order valence-electron chi connectivity index (χ3n) is 6.00. The molecule has 1 fully saturated rings. The predicted molar refractivity (Wildman–Crippen MR) is 135 cm³/mol. The van der Waals surface area contributed by atoms with Crippen LogP contribution in [0.15, 0.2) is 89.5 Å². The van der Waals surface area contributed by atoms with Crippen LogP contribution in [0.2, 0.25) is 0 Å². The Bertz CT molecular complexity index is 1320. The van der Waals surface area contributed by atoms with Gasteiger partial charge in [-0.25, -0.2) is 0 Å². The molecule has 0 radical (unpaired) electrons. The quantitative estimate of drug-likeness (QED) is 0.210. The van der Waals surface area contributed by atoms with Gasteiger partial charge in [-0.05, 0) is 72.7 Å². The highest BCUT2D eigenvalue weighted by Gasteiger charge is 2.42. The summed E-state index contributed by atoms with van der Waals surface area (Å²) in [6, 6.07) is 23.8. The zero-order chi connectivity index (χ0) is 23.7. The minimum absolute atomic E-state index is 0.0396. The number of nitro benzene ring substituents is 1. The zero-order valence-corrected chi connectivity index (χ0v) is 19.2. The summed E-state index contributed by atoms with van der Waals surface area (Å²) in [6.07, 6.45) is 2.72. The van der Waals surface area contributed by atoms with Gasteiger partial charge in [-0.3, -0.25) is 15.1 Å². The topological polar surface area (TPSA) is 84.4 Å². The zero-order valence-electron chi connectivity index (χ0n) is 18.4. The molecule has 4 aromatic rings. The van der Waals surface area contributed by atoms with E-state index < -0.39 is 4.92 Å². The second-order valence-electron chi connectivity index (χ2n) is 8.02. The third kappa shape index (κ3) is 4.04. The van der Waals surface area contributed by atoms with Gasteiger partial charge in [-0.1, -0.05) is 25.1 Å². The van der Waals surface area contributed by atoms with Crippen LogP contribution >= 0.6 is 12.2 Å². The van der Waals surface area contributed by atoms with Gasteiger partial charge >= 0.3 is 0 Å². The van der Waals surface area contributed by atoms with Crippen molar-refractivity contribution in [2.24, 2.45) is 0 Å². The molecule has 170 valence electrons. The van der Waals surface area contributed by atoms with Gasteiger partial charge in [0.1, 0.15) is 17.6 Å². The monoisotopic (exact) mass is 470 g/mol. The fraction of sp³-hybridized carbons (Fsp3) is 0.154. The van der Waals surface area contributed by atoms with Gasteiger partial charge in [0, 0.05) is 29.6 Å². The number of nitrogens with zero attached hydrogens (tertiary/aromatic N) is 3. The number of aromatic nitrogens is 1. The second-order valence-corrected chi connectivity index (χ2v) is 8.41. The average Bonchev–Trinajstić information content (AvgIpc) is 3.49. The molecule has 5 rings (SSSR count). The molecule has 34 heavy (non-hydrogen) atoms. The SMILES string of the molecule is CCc1ccc(N2C(=S)N[C@@H](c3ccccn3)[C@H]2c2ccc(-c3ccc([N+](=O)[O-])cc3)o2)cc1. The Balaban J connectivity index is 1.55. The van der Waals surface area contributed by atoms with Crippen LogP contribution in [0, 0.1) is 10.1 Å². The molecule has 0 amide bonds. The summed E-state index contributed by atoms with van der Waals surface area (Å²) < 4.78 is 6.31. The van der Waals surface area contributed by atoms with E-state index in [-0.39, 0.29) is 17.8 Å². The van der Waals surface area contributed by atoms with Crippen molar-refractivity contribution in [3.8, 4) is 11.3 Å². The van der Waals surface area contributed by atoms with Crippen molar-refractivity contribution in [3.63, 3.8) is 0 Å². The van der Waals surface area contributed by atoms with E-state index in [1.807, 2.05) is 30.3 Å². The summed E-state index contributed by atoms with van der Waals surface area (Å²) in [6.45, 7) is 2.12. The van der Waals surface area contributed by atoms with Gasteiger partial charge in [0.15, 0.2) is 5.11 Å². The summed E-state index contributed by atoms with van der Waals surface area (Å²) >= 11 is 5.76. The molecule has 2 aromatic carbocycles. The number of nitrogens with one attached hydrogen (secondary N) is 1. The molecule has 0 bridgehead atoms. The van der Waals surface area contributed by atoms with Gasteiger partial charge < -0.3 is 14.6 Å². The molecular weight excluding hydrogens is 448 g/mol. The molecule has 0 saturated carbocycles. The third-order valence-corrected chi connectivity index (χ3v) is 6.32. The van der Waals surface area contributed by atoms with E-state index in [0.29, 0.717) is 10.9 Å². The van der Waals surface area contributed by atoms with Crippen molar-refractivity contribution in [1.82, 2.24) is 10.3 Å². The minimum Gasteiger partial charge on any atom is -0.459 e. The van der Waals surface area contributed by atoms with E-state index in [1.54, 1.807) is 18.3 Å². The Morgan fingerprint density at radius 3 is 2.47 bits per heavy atom. The number of hydrogen-bond donors (Lipinski definition) is 1. The van der Waals surface area contributed by atoms with E-state index in [0.717, 1.165) is 29.1 Å². The van der Waals surface area contributed by atoms with Crippen LogP contribution in [0.3, 0.4) is 0 Å². The van der Waals surface area contributed by atoms with Crippen molar-refractivity contribution < 1.29 is 9.34 Å². The molecular formula is C26H22N4O3S. The lowest BCUT2D eigenvalue weighted by Crippen LogP contribution is -2.29. The maximum absolute atomic E-state index is 11.0. The molecule has 0 aliphatic carbocycles. The summed E-state index contributed by atoms with van der Waals surface area (Å²) in [5, 5.41) is 15.0. The van der Waals surface area contributed by atoms with Gasteiger partial charge in [-0.2, -0.15) is 0 Å². The summed E-state index contributed by atoms with van der Waals surface area (Å²) in [5.74, 6) is 1.35. The summed E-state index contributed by atoms with van der Waals surface area (Å²) in [5.41, 5.74) is 3.87. The first-order valence-electron chi connectivity index (χ1n) is 11.0. The number of thiocarbonyl (C=S) groups is 1. The molecule has 2 aromatic heterocycles. The van der Waals surface area contributed by atoms with Crippen LogP contribution < -0.4 is 10.2 Å². The lowest BCUT2D eigenvalue weighted by Gasteiger charge is -2.26. The standard InChI is InChI=1S/C26H22N4O3S/c1-2-17-6-10-19(11-7-17)29-25(24(28-26(29)34)21-5-3-4-16-27-21)23-15-14-22(33-23)18-8-12-20(13-9-18)30(31)32/h3-16,24-25H,2H2,1H3,(H,28,34)/t24-,25+/m0/s1. The molecule has 0 unspecified atom stereocenters. The Morgan fingerprint density at radius 2 is 1.82 bits per heavy atom. The van der Waals surface area contributed by atoms with Crippen LogP contribution in [-0.2, 0) is 6.42 Å². The van der Waals surface area contributed by atoms with Gasteiger partial charge in [-0.15, -0.1) is 0 Å². The van der Waals surface area contributed by atoms with E-state index in [2.05, 4.69) is 46.4 Å². The maximum atomic E-state index is 11.0. The first kappa shape index (κ1) is 21.8. The van der Waals surface area contributed by atoms with Crippen molar-refractivity contribution >= 4 is 28.7 Å². The van der Waals surface area contributed by atoms with Crippen molar-refractivity contribution in [2.45, 2.75) is 25.4 Å². The highest BCUT2D eigenvalue weighted by molar-refractivity contribution is 7.80. The van der Waals surface area contributed by atoms with Gasteiger partial charge in [0.25, 0.3) is 5.69 Å². The van der Waals surface area contributed by atoms with Crippen LogP contribution in [0.4, 0.5) is 11.4 Å². The molecule has 1 N–H and O–H groups in total. The molecule has 1 saturated heterocycles. The van der Waals surface area contributed by atoms with Crippen LogP contribution in [0.25, 0.3) is 11.3 Å². The largest absolute Gasteiger partial charge is 0.459 e. The number of anilines is 1. The number of furan rings is 1. The van der Waals surface area contributed by atoms with E-state index >= 15 is 0 Å². The Kier molecular flexibility index (Phi) is 5.81. The number of pyridine rings is 1. The fourth-order valence-corrected chi connectivity index (χ4v) is 4.57. The van der Waals surface area contributed by atoms with E-state index in [4.69, 9.17) is 16.6 Å². The molecule has 2 atom stereocenters. The summed E-state index contributed by atoms with van der Waals surface area (Å²) in [7, 11) is 0. The van der Waals surface area contributed by atoms with Crippen molar-refractivity contribution in [1.29, 1.82) is 0 Å². The van der Waals surface area contributed by atoms with E-state index in [1.165, 1.54) is 17.7 Å². The van der Waals surface area contributed by atoms with Crippen LogP contribution in [0.1, 0.15) is 36.0 Å². The Labute approximate surface area is 202 Å². The minimum atomic E-state index is -0.415. The lowest BCUT2D eigenvalue weighted by atomic mass is 10.0. The van der Waals surface area contributed by atoms with Gasteiger partial charge in [0.2, 0.25) is 0 Å². The normalized spacial score (nSPS) is 17.6. The molecule has 0 spiro atoms. The van der Waals surface area contributed by atoms with Gasteiger partial charge in [0.05, 0.1) is 16.7 Å².